The van der Waals surface area contributed by atoms with E-state index in [2.05, 4.69) is 21.2 Å². The van der Waals surface area contributed by atoms with Gasteiger partial charge in [0.1, 0.15) is 11.4 Å². The quantitative estimate of drug-likeness (QED) is 0.448. The maximum absolute atomic E-state index is 12.8. The number of carbonyl (C=O) groups excluding carboxylic acids is 2. The number of esters is 1. The summed E-state index contributed by atoms with van der Waals surface area (Å²) < 4.78 is 11.1. The van der Waals surface area contributed by atoms with E-state index in [0.29, 0.717) is 11.1 Å². The number of amides is 1. The zero-order chi connectivity index (χ0) is 19.8. The fourth-order valence-corrected chi connectivity index (χ4v) is 3.25. The lowest BCUT2D eigenvalue weighted by molar-refractivity contribution is -0.384. The summed E-state index contributed by atoms with van der Waals surface area (Å²) in [7, 11) is 1.38. The highest BCUT2D eigenvalue weighted by molar-refractivity contribution is 9.10. The minimum atomic E-state index is -1.50. The van der Waals surface area contributed by atoms with E-state index in [4.69, 9.17) is 9.47 Å². The number of hydrogen-bond donors (Lipinski definition) is 1. The lowest BCUT2D eigenvalue weighted by Crippen LogP contribution is -2.49. The van der Waals surface area contributed by atoms with Gasteiger partial charge < -0.3 is 14.8 Å². The molecule has 0 aromatic heterocycles. The van der Waals surface area contributed by atoms with Gasteiger partial charge in [0.15, 0.2) is 5.60 Å². The molecule has 8 nitrogen and oxygen atoms in total. The second kappa shape index (κ2) is 6.99. The molecule has 140 valence electrons. The van der Waals surface area contributed by atoms with Crippen molar-refractivity contribution in [1.29, 1.82) is 0 Å². The third-order valence-corrected chi connectivity index (χ3v) is 4.76. The minimum Gasteiger partial charge on any atom is -0.496 e. The van der Waals surface area contributed by atoms with Crippen molar-refractivity contribution in [3.05, 3.63) is 62.1 Å². The van der Waals surface area contributed by atoms with Crippen molar-refractivity contribution in [3.8, 4) is 5.75 Å². The van der Waals surface area contributed by atoms with Crippen LogP contribution in [0.5, 0.6) is 5.75 Å². The van der Waals surface area contributed by atoms with Gasteiger partial charge in [0, 0.05) is 10.9 Å². The Morgan fingerprint density at radius 1 is 1.33 bits per heavy atom. The van der Waals surface area contributed by atoms with Gasteiger partial charge in [-0.25, -0.2) is 4.79 Å². The highest BCUT2D eigenvalue weighted by Crippen LogP contribution is 2.33. The first-order valence-electron chi connectivity index (χ1n) is 7.89. The lowest BCUT2D eigenvalue weighted by Gasteiger charge is -2.33. The van der Waals surface area contributed by atoms with Gasteiger partial charge in [-0.15, -0.1) is 0 Å². The van der Waals surface area contributed by atoms with Gasteiger partial charge in [0.25, 0.3) is 11.6 Å². The van der Waals surface area contributed by atoms with Crippen molar-refractivity contribution in [3.63, 3.8) is 0 Å². The first-order chi connectivity index (χ1) is 12.7. The first-order valence-corrected chi connectivity index (χ1v) is 8.68. The summed E-state index contributed by atoms with van der Waals surface area (Å²) >= 11 is 3.34. The van der Waals surface area contributed by atoms with Crippen LogP contribution < -0.4 is 10.1 Å². The zero-order valence-electron chi connectivity index (χ0n) is 14.4. The van der Waals surface area contributed by atoms with Crippen LogP contribution in [0, 0.1) is 10.1 Å². The van der Waals surface area contributed by atoms with Crippen LogP contribution in [-0.2, 0) is 16.0 Å². The predicted octanol–water partition coefficient (Wildman–Crippen LogP) is 3.48. The van der Waals surface area contributed by atoms with Crippen molar-refractivity contribution < 1.29 is 24.0 Å². The number of ether oxygens (including phenoxy) is 2. The number of carbonyl (C=O) groups is 2. The molecule has 1 aliphatic rings. The summed E-state index contributed by atoms with van der Waals surface area (Å²) in [5.41, 5.74) is -0.792. The smallest absolute Gasteiger partial charge is 0.339 e. The SMILES string of the molecule is COc1ccc(NC(=O)C2(C)Cc3cc(Br)ccc3C(=O)O2)c([N+](=O)[O-])c1. The van der Waals surface area contributed by atoms with Crippen LogP contribution in [0.3, 0.4) is 0 Å². The maximum Gasteiger partial charge on any atom is 0.339 e. The number of nitro groups is 1. The van der Waals surface area contributed by atoms with E-state index >= 15 is 0 Å². The molecule has 0 radical (unpaired) electrons. The molecule has 0 fully saturated rings. The summed E-state index contributed by atoms with van der Waals surface area (Å²) in [6.07, 6.45) is 0.142. The molecular formula is C18H15BrN2O6. The predicted molar refractivity (Wildman–Crippen MR) is 99.9 cm³/mol. The van der Waals surface area contributed by atoms with Gasteiger partial charge in [0.2, 0.25) is 0 Å². The standard InChI is InChI=1S/C18H15BrN2O6/c1-18(9-10-7-11(19)3-5-13(10)16(22)27-18)17(23)20-14-6-4-12(26-2)8-15(14)21(24)25/h3-8H,9H2,1-2H3,(H,20,23). The number of halogens is 1. The summed E-state index contributed by atoms with van der Waals surface area (Å²) in [5.74, 6) is -0.992. The molecule has 0 bridgehead atoms. The second-order valence-corrected chi connectivity index (χ2v) is 7.11. The van der Waals surface area contributed by atoms with Crippen molar-refractivity contribution >= 4 is 39.2 Å². The monoisotopic (exact) mass is 434 g/mol. The molecule has 1 N–H and O–H groups in total. The van der Waals surface area contributed by atoms with Crippen LogP contribution in [0.25, 0.3) is 0 Å². The molecule has 1 unspecified atom stereocenters. The molecule has 0 aliphatic carbocycles. The van der Waals surface area contributed by atoms with Gasteiger partial charge in [-0.05, 0) is 42.8 Å². The summed E-state index contributed by atoms with van der Waals surface area (Å²) in [4.78, 5) is 35.8. The number of nitrogens with zero attached hydrogens (tertiary/aromatic N) is 1. The van der Waals surface area contributed by atoms with Crippen molar-refractivity contribution in [2.45, 2.75) is 18.9 Å². The highest BCUT2D eigenvalue weighted by Gasteiger charge is 2.43. The maximum atomic E-state index is 12.8. The Kier molecular flexibility index (Phi) is 4.88. The number of nitro benzene ring substituents is 1. The minimum absolute atomic E-state index is 0.0110. The molecule has 0 spiro atoms. The van der Waals surface area contributed by atoms with Crippen LogP contribution in [-0.4, -0.2) is 29.5 Å². The summed E-state index contributed by atoms with van der Waals surface area (Å²) in [6.45, 7) is 1.47. The Balaban J connectivity index is 1.91. The Hall–Kier alpha value is -2.94. The van der Waals surface area contributed by atoms with E-state index in [0.717, 1.165) is 4.47 Å². The molecule has 9 heteroatoms. The zero-order valence-corrected chi connectivity index (χ0v) is 16.0. The molecule has 1 amide bonds. The van der Waals surface area contributed by atoms with Gasteiger partial charge in [-0.2, -0.15) is 0 Å². The van der Waals surface area contributed by atoms with Crippen molar-refractivity contribution in [2.24, 2.45) is 0 Å². The van der Waals surface area contributed by atoms with Gasteiger partial charge in [-0.1, -0.05) is 15.9 Å². The number of cyclic esters (lactones) is 1. The Bertz CT molecular complexity index is 961. The molecule has 1 heterocycles. The van der Waals surface area contributed by atoms with Gasteiger partial charge in [0.05, 0.1) is 23.7 Å². The Morgan fingerprint density at radius 3 is 2.74 bits per heavy atom. The molecule has 0 saturated heterocycles. The van der Waals surface area contributed by atoms with Crippen LogP contribution in [0.2, 0.25) is 0 Å². The van der Waals surface area contributed by atoms with E-state index in [1.165, 1.54) is 32.2 Å². The molecule has 0 saturated carbocycles. The normalized spacial score (nSPS) is 18.3. The summed E-state index contributed by atoms with van der Waals surface area (Å²) in [6, 6.07) is 9.14. The van der Waals surface area contributed by atoms with E-state index in [1.54, 1.807) is 18.2 Å². The average Bonchev–Trinajstić information content (AvgIpc) is 2.61. The number of fused-ring (bicyclic) bond motifs is 1. The number of nitrogens with one attached hydrogen (secondary N) is 1. The number of anilines is 1. The highest BCUT2D eigenvalue weighted by atomic mass is 79.9. The van der Waals surface area contributed by atoms with Crippen LogP contribution in [0.15, 0.2) is 40.9 Å². The van der Waals surface area contributed by atoms with E-state index < -0.39 is 22.4 Å². The molecule has 3 rings (SSSR count). The second-order valence-electron chi connectivity index (χ2n) is 6.19. The van der Waals surface area contributed by atoms with Crippen LogP contribution in [0.4, 0.5) is 11.4 Å². The first kappa shape index (κ1) is 18.8. The largest absolute Gasteiger partial charge is 0.496 e. The number of rotatable bonds is 4. The average molecular weight is 435 g/mol. The third-order valence-electron chi connectivity index (χ3n) is 4.26. The van der Waals surface area contributed by atoms with E-state index in [-0.39, 0.29) is 23.5 Å². The van der Waals surface area contributed by atoms with E-state index in [9.17, 15) is 19.7 Å². The van der Waals surface area contributed by atoms with E-state index in [1.807, 2.05) is 0 Å². The Morgan fingerprint density at radius 2 is 2.07 bits per heavy atom. The van der Waals surface area contributed by atoms with Crippen molar-refractivity contribution in [1.82, 2.24) is 0 Å². The molecule has 1 aliphatic heterocycles. The third kappa shape index (κ3) is 3.63. The fraction of sp³-hybridized carbons (Fsp3) is 0.222. The Labute approximate surface area is 162 Å². The molecule has 1 atom stereocenters. The molecule has 27 heavy (non-hydrogen) atoms. The lowest BCUT2D eigenvalue weighted by atomic mass is 9.89. The van der Waals surface area contributed by atoms with Gasteiger partial charge in [-0.3, -0.25) is 14.9 Å². The molecule has 2 aromatic rings. The van der Waals surface area contributed by atoms with Crippen LogP contribution in [0.1, 0.15) is 22.8 Å². The fourth-order valence-electron chi connectivity index (χ4n) is 2.84. The number of hydrogen-bond acceptors (Lipinski definition) is 6. The summed E-state index contributed by atoms with van der Waals surface area (Å²) in [5, 5.41) is 13.8. The molecular weight excluding hydrogens is 420 g/mol. The van der Waals surface area contributed by atoms with Crippen molar-refractivity contribution in [2.75, 3.05) is 12.4 Å². The number of methoxy groups -OCH3 is 1. The molecule has 2 aromatic carbocycles. The van der Waals surface area contributed by atoms with Gasteiger partial charge >= 0.3 is 5.97 Å². The topological polar surface area (TPSA) is 108 Å². The van der Waals surface area contributed by atoms with Crippen LogP contribution >= 0.6 is 15.9 Å². The number of benzene rings is 2.